The monoisotopic (exact) mass is 227 g/mol. The van der Waals surface area contributed by atoms with Gasteiger partial charge in [0, 0.05) is 5.97 Å². The maximum atomic E-state index is 10.3. The fourth-order valence-electron chi connectivity index (χ4n) is 2.80. The first-order valence-corrected chi connectivity index (χ1v) is 6.78. The van der Waals surface area contributed by atoms with Crippen LogP contribution in [0.25, 0.3) is 0 Å². The highest BCUT2D eigenvalue weighted by molar-refractivity contribution is 5.63. The van der Waals surface area contributed by atoms with Crippen molar-refractivity contribution in [3.8, 4) is 0 Å². The molecule has 0 bridgehead atoms. The van der Waals surface area contributed by atoms with Crippen LogP contribution in [0.5, 0.6) is 0 Å². The Labute approximate surface area is 98.8 Å². The zero-order valence-electron chi connectivity index (χ0n) is 10.5. The predicted molar refractivity (Wildman–Crippen MR) is 62.1 cm³/mol. The van der Waals surface area contributed by atoms with E-state index in [9.17, 15) is 9.90 Å². The van der Waals surface area contributed by atoms with Crippen molar-refractivity contribution in [1.82, 2.24) is 0 Å². The molecule has 94 valence electrons. The minimum Gasteiger partial charge on any atom is -0.550 e. The average molecular weight is 227 g/mol. The SMILES string of the molecule is CC[NH+](CCCCC(=O)[O-])C1CCCCC1. The van der Waals surface area contributed by atoms with Gasteiger partial charge in [0.1, 0.15) is 0 Å². The van der Waals surface area contributed by atoms with Gasteiger partial charge in [-0.25, -0.2) is 0 Å². The fraction of sp³-hybridized carbons (Fsp3) is 0.923. The Morgan fingerprint density at radius 3 is 2.50 bits per heavy atom. The van der Waals surface area contributed by atoms with Crippen molar-refractivity contribution < 1.29 is 14.8 Å². The molecule has 0 heterocycles. The highest BCUT2D eigenvalue weighted by Crippen LogP contribution is 2.15. The molecule has 0 aromatic carbocycles. The summed E-state index contributed by atoms with van der Waals surface area (Å²) in [6, 6.07) is 0.835. The molecule has 1 unspecified atom stereocenters. The van der Waals surface area contributed by atoms with E-state index in [0.717, 1.165) is 25.4 Å². The molecule has 0 amide bonds. The Balaban J connectivity index is 2.17. The summed E-state index contributed by atoms with van der Waals surface area (Å²) in [5.74, 6) is -0.907. The average Bonchev–Trinajstić information content (AvgIpc) is 2.30. The van der Waals surface area contributed by atoms with Crippen molar-refractivity contribution in [3.05, 3.63) is 0 Å². The number of carboxylic acids is 1. The van der Waals surface area contributed by atoms with E-state index < -0.39 is 5.97 Å². The highest BCUT2D eigenvalue weighted by Gasteiger charge is 2.22. The molecule has 1 saturated carbocycles. The molecule has 1 aliphatic carbocycles. The number of carbonyl (C=O) groups excluding carboxylic acids is 1. The van der Waals surface area contributed by atoms with Gasteiger partial charge in [-0.3, -0.25) is 0 Å². The third-order valence-electron chi connectivity index (χ3n) is 3.77. The normalized spacial score (nSPS) is 19.6. The lowest BCUT2D eigenvalue weighted by molar-refractivity contribution is -0.925. The first-order valence-electron chi connectivity index (χ1n) is 6.78. The Hall–Kier alpha value is -0.570. The molecule has 0 radical (unpaired) electrons. The van der Waals surface area contributed by atoms with Crippen LogP contribution in [0.15, 0.2) is 0 Å². The fourth-order valence-corrected chi connectivity index (χ4v) is 2.80. The number of hydrogen-bond acceptors (Lipinski definition) is 2. The molecule has 0 saturated heterocycles. The van der Waals surface area contributed by atoms with Gasteiger partial charge in [0.2, 0.25) is 0 Å². The first kappa shape index (κ1) is 13.5. The van der Waals surface area contributed by atoms with E-state index >= 15 is 0 Å². The van der Waals surface area contributed by atoms with Gasteiger partial charge in [-0.05, 0) is 51.9 Å². The summed E-state index contributed by atoms with van der Waals surface area (Å²) in [6.45, 7) is 4.55. The number of carboxylic acid groups (broad SMARTS) is 1. The standard InChI is InChI=1S/C13H25NO2/c1-2-14(11-7-6-10-13(15)16)12-8-4-3-5-9-12/h12H,2-11H2,1H3,(H,15,16). The van der Waals surface area contributed by atoms with E-state index in [2.05, 4.69) is 6.92 Å². The van der Waals surface area contributed by atoms with Crippen LogP contribution in [0.2, 0.25) is 0 Å². The molecule has 3 heteroatoms. The van der Waals surface area contributed by atoms with Crippen LogP contribution in [-0.2, 0) is 4.79 Å². The zero-order chi connectivity index (χ0) is 11.8. The molecular formula is C13H25NO2. The molecule has 16 heavy (non-hydrogen) atoms. The first-order chi connectivity index (χ1) is 7.74. The number of rotatable bonds is 7. The molecule has 0 aromatic heterocycles. The molecule has 0 spiro atoms. The maximum Gasteiger partial charge on any atom is 0.0874 e. The van der Waals surface area contributed by atoms with Gasteiger partial charge in [-0.15, -0.1) is 0 Å². The number of nitrogens with one attached hydrogen (secondary N) is 1. The van der Waals surface area contributed by atoms with Crippen LogP contribution in [0.3, 0.4) is 0 Å². The lowest BCUT2D eigenvalue weighted by Crippen LogP contribution is -3.15. The topological polar surface area (TPSA) is 44.6 Å². The van der Waals surface area contributed by atoms with Crippen molar-refractivity contribution in [2.24, 2.45) is 0 Å². The summed E-state index contributed by atoms with van der Waals surface area (Å²) in [6.07, 6.45) is 8.92. The van der Waals surface area contributed by atoms with Gasteiger partial charge >= 0.3 is 0 Å². The Kier molecular flexibility index (Phi) is 6.46. The van der Waals surface area contributed by atoms with E-state index in [0.29, 0.717) is 0 Å². The number of quaternary nitrogens is 1. The smallest absolute Gasteiger partial charge is 0.0874 e. The summed E-state index contributed by atoms with van der Waals surface area (Å²) in [5.41, 5.74) is 0. The van der Waals surface area contributed by atoms with Crippen LogP contribution in [-0.4, -0.2) is 25.1 Å². The number of aliphatic carboxylic acids is 1. The molecular weight excluding hydrogens is 202 g/mol. The molecule has 1 atom stereocenters. The largest absolute Gasteiger partial charge is 0.550 e. The highest BCUT2D eigenvalue weighted by atomic mass is 16.4. The van der Waals surface area contributed by atoms with Crippen molar-refractivity contribution in [1.29, 1.82) is 0 Å². The van der Waals surface area contributed by atoms with E-state index in [1.165, 1.54) is 38.6 Å². The quantitative estimate of drug-likeness (QED) is 0.629. The van der Waals surface area contributed by atoms with Crippen molar-refractivity contribution in [3.63, 3.8) is 0 Å². The summed E-state index contributed by atoms with van der Waals surface area (Å²) >= 11 is 0. The van der Waals surface area contributed by atoms with E-state index in [-0.39, 0.29) is 6.42 Å². The molecule has 0 aromatic rings. The van der Waals surface area contributed by atoms with Gasteiger partial charge in [-0.2, -0.15) is 0 Å². The molecule has 3 nitrogen and oxygen atoms in total. The second kappa shape index (κ2) is 7.66. The molecule has 0 aliphatic heterocycles. The summed E-state index contributed by atoms with van der Waals surface area (Å²) in [5, 5.41) is 10.3. The van der Waals surface area contributed by atoms with Crippen LogP contribution in [0.1, 0.15) is 58.3 Å². The van der Waals surface area contributed by atoms with Crippen LogP contribution < -0.4 is 10.0 Å². The Bertz CT molecular complexity index is 200. The van der Waals surface area contributed by atoms with E-state index in [1.54, 1.807) is 4.90 Å². The van der Waals surface area contributed by atoms with Crippen LogP contribution in [0, 0.1) is 0 Å². The van der Waals surface area contributed by atoms with Gasteiger partial charge in [-0.1, -0.05) is 6.42 Å². The van der Waals surface area contributed by atoms with Crippen molar-refractivity contribution in [2.75, 3.05) is 13.1 Å². The van der Waals surface area contributed by atoms with Gasteiger partial charge in [0.05, 0.1) is 19.1 Å². The van der Waals surface area contributed by atoms with Crippen molar-refractivity contribution in [2.45, 2.75) is 64.3 Å². The molecule has 1 rings (SSSR count). The van der Waals surface area contributed by atoms with E-state index in [1.807, 2.05) is 0 Å². The number of unbranched alkanes of at least 4 members (excludes halogenated alkanes) is 1. The predicted octanol–water partition coefficient (Wildman–Crippen LogP) is 0.144. The number of hydrogen-bond donors (Lipinski definition) is 1. The second-order valence-corrected chi connectivity index (χ2v) is 4.93. The molecule has 1 N–H and O–H groups in total. The molecule has 1 fully saturated rings. The second-order valence-electron chi connectivity index (χ2n) is 4.93. The zero-order valence-corrected chi connectivity index (χ0v) is 10.5. The summed E-state index contributed by atoms with van der Waals surface area (Å²) < 4.78 is 0. The van der Waals surface area contributed by atoms with E-state index in [4.69, 9.17) is 0 Å². The van der Waals surface area contributed by atoms with Gasteiger partial charge in [0.15, 0.2) is 0 Å². The summed E-state index contributed by atoms with van der Waals surface area (Å²) in [4.78, 5) is 12.0. The van der Waals surface area contributed by atoms with Crippen LogP contribution >= 0.6 is 0 Å². The van der Waals surface area contributed by atoms with Crippen LogP contribution in [0.4, 0.5) is 0 Å². The lowest BCUT2D eigenvalue weighted by atomic mass is 9.94. The number of carbonyl (C=O) groups is 1. The minimum atomic E-state index is -0.907. The molecule has 1 aliphatic rings. The third kappa shape index (κ3) is 4.97. The Morgan fingerprint density at radius 1 is 1.25 bits per heavy atom. The Morgan fingerprint density at radius 2 is 1.94 bits per heavy atom. The van der Waals surface area contributed by atoms with Crippen molar-refractivity contribution >= 4 is 5.97 Å². The summed E-state index contributed by atoms with van der Waals surface area (Å²) in [7, 11) is 0. The van der Waals surface area contributed by atoms with Gasteiger partial charge < -0.3 is 14.8 Å². The lowest BCUT2D eigenvalue weighted by Gasteiger charge is -2.30. The van der Waals surface area contributed by atoms with Gasteiger partial charge in [0.25, 0.3) is 0 Å². The third-order valence-corrected chi connectivity index (χ3v) is 3.77. The minimum absolute atomic E-state index is 0.224. The maximum absolute atomic E-state index is 10.3.